The molecule has 168 valence electrons. The quantitative estimate of drug-likeness (QED) is 0.492. The zero-order valence-electron chi connectivity index (χ0n) is 18.6. The predicted octanol–water partition coefficient (Wildman–Crippen LogP) is 4.52. The smallest absolute Gasteiger partial charge is 0.228 e. The Morgan fingerprint density at radius 1 is 1.06 bits per heavy atom. The highest BCUT2D eigenvalue weighted by atomic mass is 16.5. The highest BCUT2D eigenvalue weighted by molar-refractivity contribution is 5.79. The molecule has 0 unspecified atom stereocenters. The molecule has 32 heavy (non-hydrogen) atoms. The molecule has 3 aromatic rings. The van der Waals surface area contributed by atoms with Gasteiger partial charge in [0.2, 0.25) is 17.6 Å². The first kappa shape index (κ1) is 21.9. The summed E-state index contributed by atoms with van der Waals surface area (Å²) in [6, 6.07) is 15.6. The maximum Gasteiger partial charge on any atom is 0.228 e. The third-order valence-corrected chi connectivity index (χ3v) is 5.94. The van der Waals surface area contributed by atoms with Gasteiger partial charge in [-0.2, -0.15) is 4.98 Å². The molecule has 0 spiro atoms. The fourth-order valence-electron chi connectivity index (χ4n) is 4.18. The van der Waals surface area contributed by atoms with Crippen molar-refractivity contribution in [2.45, 2.75) is 38.6 Å². The fourth-order valence-corrected chi connectivity index (χ4v) is 4.18. The predicted molar refractivity (Wildman–Crippen MR) is 120 cm³/mol. The normalized spacial score (nSPS) is 13.8. The van der Waals surface area contributed by atoms with E-state index in [1.807, 2.05) is 41.3 Å². The molecule has 0 N–H and O–H groups in total. The lowest BCUT2D eigenvalue weighted by Gasteiger charge is -2.25. The second-order valence-corrected chi connectivity index (χ2v) is 8.06. The van der Waals surface area contributed by atoms with Gasteiger partial charge in [-0.05, 0) is 36.6 Å². The zero-order valence-corrected chi connectivity index (χ0v) is 18.6. The Balaban J connectivity index is 1.46. The standard InChI is InChI=1S/C25H29N3O4/c1-30-21-13-12-20(16-22(21)31-2)24-26-23(32-27-24)14-15-28(17-18-8-4-3-5-9-18)25(29)19-10-6-7-11-19/h3-5,8-9,12-13,16,19H,6-7,10-11,14-15,17H2,1-2H3. The van der Waals surface area contributed by atoms with Gasteiger partial charge in [-0.3, -0.25) is 4.79 Å². The summed E-state index contributed by atoms with van der Waals surface area (Å²) in [4.78, 5) is 19.6. The van der Waals surface area contributed by atoms with E-state index in [1.165, 1.54) is 0 Å². The number of rotatable bonds is 9. The van der Waals surface area contributed by atoms with Crippen LogP contribution in [0.15, 0.2) is 53.1 Å². The van der Waals surface area contributed by atoms with Crippen molar-refractivity contribution >= 4 is 5.91 Å². The van der Waals surface area contributed by atoms with Crippen LogP contribution < -0.4 is 9.47 Å². The van der Waals surface area contributed by atoms with E-state index in [0.717, 1.165) is 36.8 Å². The molecule has 0 saturated heterocycles. The van der Waals surface area contributed by atoms with Crippen LogP contribution in [0, 0.1) is 5.92 Å². The molecule has 0 atom stereocenters. The van der Waals surface area contributed by atoms with Gasteiger partial charge in [0.05, 0.1) is 14.2 Å². The summed E-state index contributed by atoms with van der Waals surface area (Å²) in [5, 5.41) is 4.12. The minimum absolute atomic E-state index is 0.128. The molecule has 1 aliphatic rings. The molecular weight excluding hydrogens is 406 g/mol. The van der Waals surface area contributed by atoms with Gasteiger partial charge in [0.15, 0.2) is 11.5 Å². The van der Waals surface area contributed by atoms with Crippen LogP contribution in [0.25, 0.3) is 11.4 Å². The Hall–Kier alpha value is -3.35. The summed E-state index contributed by atoms with van der Waals surface area (Å²) in [5.74, 6) is 2.59. The highest BCUT2D eigenvalue weighted by Gasteiger charge is 2.27. The molecule has 1 saturated carbocycles. The average Bonchev–Trinajstić information content (AvgIpc) is 3.54. The van der Waals surface area contributed by atoms with Crippen molar-refractivity contribution < 1.29 is 18.8 Å². The maximum absolute atomic E-state index is 13.2. The fraction of sp³-hybridized carbons (Fsp3) is 0.400. The molecule has 0 bridgehead atoms. The summed E-state index contributed by atoms with van der Waals surface area (Å²) < 4.78 is 16.1. The van der Waals surface area contributed by atoms with Crippen LogP contribution in [0.4, 0.5) is 0 Å². The van der Waals surface area contributed by atoms with Crippen molar-refractivity contribution in [2.24, 2.45) is 5.92 Å². The second-order valence-electron chi connectivity index (χ2n) is 8.06. The molecule has 1 fully saturated rings. The molecule has 2 aromatic carbocycles. The topological polar surface area (TPSA) is 77.7 Å². The first-order chi connectivity index (χ1) is 15.7. The van der Waals surface area contributed by atoms with Gasteiger partial charge in [-0.15, -0.1) is 0 Å². The molecule has 1 heterocycles. The monoisotopic (exact) mass is 435 g/mol. The number of hydrogen-bond acceptors (Lipinski definition) is 6. The van der Waals surface area contributed by atoms with Gasteiger partial charge >= 0.3 is 0 Å². The van der Waals surface area contributed by atoms with Crippen molar-refractivity contribution in [1.82, 2.24) is 15.0 Å². The van der Waals surface area contributed by atoms with E-state index in [-0.39, 0.29) is 11.8 Å². The number of benzene rings is 2. The van der Waals surface area contributed by atoms with Crippen LogP contribution in [0.3, 0.4) is 0 Å². The van der Waals surface area contributed by atoms with Crippen molar-refractivity contribution in [1.29, 1.82) is 0 Å². The second kappa shape index (κ2) is 10.3. The van der Waals surface area contributed by atoms with Crippen LogP contribution in [-0.2, 0) is 17.8 Å². The van der Waals surface area contributed by atoms with E-state index in [4.69, 9.17) is 14.0 Å². The first-order valence-corrected chi connectivity index (χ1v) is 11.1. The van der Waals surface area contributed by atoms with Crippen LogP contribution in [0.5, 0.6) is 11.5 Å². The molecule has 1 aromatic heterocycles. The van der Waals surface area contributed by atoms with E-state index in [2.05, 4.69) is 22.3 Å². The van der Waals surface area contributed by atoms with Gasteiger partial charge in [0, 0.05) is 31.0 Å². The third-order valence-electron chi connectivity index (χ3n) is 5.94. The molecular formula is C25H29N3O4. The SMILES string of the molecule is COc1ccc(-c2noc(CCN(Cc3ccccc3)C(=O)C3CCCC3)n2)cc1OC. The largest absolute Gasteiger partial charge is 0.493 e. The van der Waals surface area contributed by atoms with E-state index >= 15 is 0 Å². The lowest BCUT2D eigenvalue weighted by atomic mass is 10.1. The van der Waals surface area contributed by atoms with Crippen molar-refractivity contribution in [3.63, 3.8) is 0 Å². The highest BCUT2D eigenvalue weighted by Crippen LogP contribution is 2.31. The molecule has 0 aliphatic heterocycles. The average molecular weight is 436 g/mol. The Kier molecular flexibility index (Phi) is 7.04. The molecule has 7 heteroatoms. The van der Waals surface area contributed by atoms with Gasteiger partial charge in [-0.1, -0.05) is 48.3 Å². The lowest BCUT2D eigenvalue weighted by molar-refractivity contribution is -0.136. The maximum atomic E-state index is 13.2. The Morgan fingerprint density at radius 2 is 1.81 bits per heavy atom. The van der Waals surface area contributed by atoms with Gasteiger partial charge in [-0.25, -0.2) is 0 Å². The summed E-state index contributed by atoms with van der Waals surface area (Å²) in [6.07, 6.45) is 4.73. The number of amides is 1. The Bertz CT molecular complexity index is 1030. The van der Waals surface area contributed by atoms with Crippen LogP contribution in [-0.4, -0.2) is 41.7 Å². The number of aromatic nitrogens is 2. The van der Waals surface area contributed by atoms with Crippen LogP contribution in [0.1, 0.15) is 37.1 Å². The molecule has 0 radical (unpaired) electrons. The van der Waals surface area contributed by atoms with Gasteiger partial charge in [0.25, 0.3) is 0 Å². The zero-order chi connectivity index (χ0) is 22.3. The number of carbonyl (C=O) groups is 1. The van der Waals surface area contributed by atoms with Crippen LogP contribution in [0.2, 0.25) is 0 Å². The number of hydrogen-bond donors (Lipinski definition) is 0. The summed E-state index contributed by atoms with van der Waals surface area (Å²) in [6.45, 7) is 1.13. The van der Waals surface area contributed by atoms with E-state index in [1.54, 1.807) is 14.2 Å². The van der Waals surface area contributed by atoms with Crippen molar-refractivity contribution in [3.05, 3.63) is 60.0 Å². The molecule has 1 amide bonds. The van der Waals surface area contributed by atoms with Crippen molar-refractivity contribution in [2.75, 3.05) is 20.8 Å². The molecule has 1 aliphatic carbocycles. The minimum atomic E-state index is 0.128. The van der Waals surface area contributed by atoms with Gasteiger partial charge in [0.1, 0.15) is 0 Å². The minimum Gasteiger partial charge on any atom is -0.493 e. The Morgan fingerprint density at radius 3 is 2.53 bits per heavy atom. The lowest BCUT2D eigenvalue weighted by Crippen LogP contribution is -2.36. The number of nitrogens with zero attached hydrogens (tertiary/aromatic N) is 3. The molecule has 7 nitrogen and oxygen atoms in total. The Labute approximate surface area is 188 Å². The summed E-state index contributed by atoms with van der Waals surface area (Å²) in [7, 11) is 3.18. The van der Waals surface area contributed by atoms with E-state index in [9.17, 15) is 4.79 Å². The van der Waals surface area contributed by atoms with Crippen molar-refractivity contribution in [3.8, 4) is 22.9 Å². The van der Waals surface area contributed by atoms with E-state index in [0.29, 0.717) is 42.7 Å². The third kappa shape index (κ3) is 5.10. The van der Waals surface area contributed by atoms with E-state index < -0.39 is 0 Å². The first-order valence-electron chi connectivity index (χ1n) is 11.1. The summed E-state index contributed by atoms with van der Waals surface area (Å²) in [5.41, 5.74) is 1.90. The molecule has 4 rings (SSSR count). The summed E-state index contributed by atoms with van der Waals surface area (Å²) >= 11 is 0. The van der Waals surface area contributed by atoms with Crippen LogP contribution >= 0.6 is 0 Å². The number of ether oxygens (including phenoxy) is 2. The van der Waals surface area contributed by atoms with Gasteiger partial charge < -0.3 is 18.9 Å². The number of carbonyl (C=O) groups excluding carboxylic acids is 1. The number of methoxy groups -OCH3 is 2.